The molecule has 3 aliphatic rings. The summed E-state index contributed by atoms with van der Waals surface area (Å²) < 4.78 is 30.8. The van der Waals surface area contributed by atoms with Crippen LogP contribution >= 0.6 is 0 Å². The molecule has 10 nitrogen and oxygen atoms in total. The Balaban J connectivity index is 1.32. The van der Waals surface area contributed by atoms with Gasteiger partial charge in [0.25, 0.3) is 0 Å². The Morgan fingerprint density at radius 1 is 1.03 bits per heavy atom. The van der Waals surface area contributed by atoms with Crippen molar-refractivity contribution in [3.63, 3.8) is 0 Å². The van der Waals surface area contributed by atoms with Gasteiger partial charge in [-0.3, -0.25) is 9.48 Å². The van der Waals surface area contributed by atoms with E-state index in [0.29, 0.717) is 52.7 Å². The molecule has 38 heavy (non-hydrogen) atoms. The number of rotatable bonds is 6. The molecule has 2 bridgehead atoms. The first-order chi connectivity index (χ1) is 18.4. The normalized spacial score (nSPS) is 21.4. The summed E-state index contributed by atoms with van der Waals surface area (Å²) in [5, 5.41) is 4.96. The number of nitrogens with zero attached hydrogens (tertiary/aromatic N) is 7. The van der Waals surface area contributed by atoms with Crippen molar-refractivity contribution in [1.82, 2.24) is 28.6 Å². The number of benzene rings is 1. The van der Waals surface area contributed by atoms with Gasteiger partial charge in [0.2, 0.25) is 15.9 Å². The minimum atomic E-state index is -3.83. The summed E-state index contributed by atoms with van der Waals surface area (Å²) in [4.78, 5) is 26.4. The van der Waals surface area contributed by atoms with Crippen molar-refractivity contribution in [1.29, 1.82) is 0 Å². The van der Waals surface area contributed by atoms with Crippen molar-refractivity contribution in [3.05, 3.63) is 60.7 Å². The molecule has 0 radical (unpaired) electrons. The van der Waals surface area contributed by atoms with Crippen LogP contribution in [0.5, 0.6) is 0 Å². The fourth-order valence-corrected chi connectivity index (χ4v) is 7.70. The molecule has 3 fully saturated rings. The average Bonchev–Trinajstić information content (AvgIpc) is 3.45. The number of anilines is 1. The number of hydrogen-bond acceptors (Lipinski definition) is 7. The highest BCUT2D eigenvalue weighted by molar-refractivity contribution is 7.89. The third-order valence-electron chi connectivity index (χ3n) is 7.97. The van der Waals surface area contributed by atoms with Crippen LogP contribution in [0.25, 0.3) is 22.3 Å². The molecule has 2 aliphatic heterocycles. The van der Waals surface area contributed by atoms with Crippen LogP contribution in [-0.4, -0.2) is 68.1 Å². The van der Waals surface area contributed by atoms with Crippen LogP contribution in [0, 0.1) is 5.92 Å². The molecule has 1 aromatic carbocycles. The van der Waals surface area contributed by atoms with E-state index in [9.17, 15) is 13.2 Å². The maximum atomic E-state index is 13.9. The van der Waals surface area contributed by atoms with E-state index in [0.717, 1.165) is 25.7 Å². The van der Waals surface area contributed by atoms with Gasteiger partial charge >= 0.3 is 0 Å². The Hall–Kier alpha value is -3.73. The van der Waals surface area contributed by atoms with E-state index < -0.39 is 10.0 Å². The van der Waals surface area contributed by atoms with Gasteiger partial charge in [-0.2, -0.15) is 5.10 Å². The zero-order chi connectivity index (χ0) is 26.0. The van der Waals surface area contributed by atoms with Crippen molar-refractivity contribution < 1.29 is 13.2 Å². The van der Waals surface area contributed by atoms with E-state index in [1.165, 1.54) is 10.3 Å². The Bertz CT molecular complexity index is 1630. The average molecular weight is 532 g/mol. The molecule has 2 saturated heterocycles. The lowest BCUT2D eigenvalue weighted by atomic mass is 10.1. The van der Waals surface area contributed by atoms with Crippen molar-refractivity contribution in [3.8, 4) is 11.3 Å². The number of aromatic nitrogens is 5. The highest BCUT2D eigenvalue weighted by Gasteiger charge is 2.47. The predicted octanol–water partition coefficient (Wildman–Crippen LogP) is 2.80. The first-order valence-corrected chi connectivity index (χ1v) is 14.7. The summed E-state index contributed by atoms with van der Waals surface area (Å²) in [5.41, 5.74) is 2.26. The van der Waals surface area contributed by atoms with Gasteiger partial charge in [-0.25, -0.2) is 22.4 Å². The van der Waals surface area contributed by atoms with Crippen LogP contribution in [0.2, 0.25) is 0 Å². The molecule has 3 aromatic heterocycles. The van der Waals surface area contributed by atoms with Crippen LogP contribution in [0.3, 0.4) is 0 Å². The fourth-order valence-electron chi connectivity index (χ4n) is 6.09. The van der Waals surface area contributed by atoms with Crippen molar-refractivity contribution >= 4 is 32.8 Å². The quantitative estimate of drug-likeness (QED) is 0.377. The SMILES string of the molecule is Cn1cc(-c2cc3c(N4CC5CCC(C4)N5C(=O)C4CC4)ncnc3n2S(=O)(=O)Cc2ccccc2)cn1. The van der Waals surface area contributed by atoms with Gasteiger partial charge in [-0.15, -0.1) is 0 Å². The van der Waals surface area contributed by atoms with Gasteiger partial charge in [0.15, 0.2) is 5.65 Å². The number of piperazine rings is 1. The summed E-state index contributed by atoms with van der Waals surface area (Å²) >= 11 is 0. The summed E-state index contributed by atoms with van der Waals surface area (Å²) in [6.45, 7) is 1.37. The van der Waals surface area contributed by atoms with E-state index in [1.54, 1.807) is 24.1 Å². The number of aryl methyl sites for hydroxylation is 1. The zero-order valence-corrected chi connectivity index (χ0v) is 22.0. The van der Waals surface area contributed by atoms with E-state index in [4.69, 9.17) is 0 Å². The van der Waals surface area contributed by atoms with E-state index in [1.807, 2.05) is 36.4 Å². The third-order valence-corrected chi connectivity index (χ3v) is 9.59. The molecule has 1 saturated carbocycles. The lowest BCUT2D eigenvalue weighted by Gasteiger charge is -2.41. The van der Waals surface area contributed by atoms with Gasteiger partial charge < -0.3 is 9.80 Å². The Morgan fingerprint density at radius 3 is 2.42 bits per heavy atom. The molecule has 0 N–H and O–H groups in total. The fraction of sp³-hybridized carbons (Fsp3) is 0.407. The standard InChI is InChI=1S/C27H29N7O3S/c1-31-13-20(12-30-31)24-11-23-25(32-14-21-9-10-22(15-32)33(21)27(35)19-7-8-19)28-17-29-26(23)34(24)38(36,37)16-18-5-3-2-4-6-18/h2-6,11-13,17,19,21-22H,7-10,14-16H2,1H3. The Morgan fingerprint density at radius 2 is 1.76 bits per heavy atom. The summed E-state index contributed by atoms with van der Waals surface area (Å²) in [6, 6.07) is 11.4. The lowest BCUT2D eigenvalue weighted by Crippen LogP contribution is -2.56. The van der Waals surface area contributed by atoms with Gasteiger partial charge in [0.1, 0.15) is 12.1 Å². The largest absolute Gasteiger partial charge is 0.352 e. The molecule has 5 heterocycles. The maximum Gasteiger partial charge on any atom is 0.244 e. The second-order valence-electron chi connectivity index (χ2n) is 10.7. The highest BCUT2D eigenvalue weighted by atomic mass is 32.2. The number of fused-ring (bicyclic) bond motifs is 3. The van der Waals surface area contributed by atoms with Crippen LogP contribution < -0.4 is 4.90 Å². The van der Waals surface area contributed by atoms with Gasteiger partial charge in [0.05, 0.1) is 23.0 Å². The smallest absolute Gasteiger partial charge is 0.244 e. The van der Waals surface area contributed by atoms with E-state index in [-0.39, 0.29) is 23.8 Å². The number of hydrogen-bond donors (Lipinski definition) is 0. The third kappa shape index (κ3) is 3.87. The van der Waals surface area contributed by atoms with Gasteiger partial charge in [0, 0.05) is 49.9 Å². The second-order valence-corrected chi connectivity index (χ2v) is 12.5. The summed E-state index contributed by atoms with van der Waals surface area (Å²) in [7, 11) is -2.02. The summed E-state index contributed by atoms with van der Waals surface area (Å²) in [5.74, 6) is 1.07. The minimum absolute atomic E-state index is 0.156. The molecule has 196 valence electrons. The first-order valence-electron chi connectivity index (χ1n) is 13.1. The van der Waals surface area contributed by atoms with Gasteiger partial charge in [-0.1, -0.05) is 30.3 Å². The minimum Gasteiger partial charge on any atom is -0.352 e. The predicted molar refractivity (Wildman–Crippen MR) is 143 cm³/mol. The second kappa shape index (κ2) is 8.65. The lowest BCUT2D eigenvalue weighted by molar-refractivity contribution is -0.135. The molecule has 0 spiro atoms. The van der Waals surface area contributed by atoms with Crippen LogP contribution in [0.15, 0.2) is 55.1 Å². The Labute approximate surface area is 220 Å². The van der Waals surface area contributed by atoms with E-state index in [2.05, 4.69) is 24.9 Å². The van der Waals surface area contributed by atoms with Crippen LogP contribution in [0.1, 0.15) is 31.2 Å². The van der Waals surface area contributed by atoms with Crippen LogP contribution in [-0.2, 0) is 27.6 Å². The topological polar surface area (TPSA) is 106 Å². The molecule has 1 amide bonds. The number of carbonyl (C=O) groups excluding carboxylic acids is 1. The Kier molecular flexibility index (Phi) is 5.33. The molecule has 11 heteroatoms. The molecule has 2 unspecified atom stereocenters. The maximum absolute atomic E-state index is 13.9. The first kappa shape index (κ1) is 23.4. The molecule has 7 rings (SSSR count). The van der Waals surface area contributed by atoms with E-state index >= 15 is 0 Å². The highest BCUT2D eigenvalue weighted by Crippen LogP contribution is 2.40. The number of carbonyl (C=O) groups is 1. The van der Waals surface area contributed by atoms with Crippen molar-refractivity contribution in [2.24, 2.45) is 13.0 Å². The van der Waals surface area contributed by atoms with Crippen molar-refractivity contribution in [2.75, 3.05) is 18.0 Å². The molecular weight excluding hydrogens is 502 g/mol. The molecule has 4 aromatic rings. The van der Waals surface area contributed by atoms with Gasteiger partial charge in [-0.05, 0) is 37.3 Å². The molecular formula is C27H29N7O3S. The number of amides is 1. The molecule has 1 aliphatic carbocycles. The molecule has 2 atom stereocenters. The van der Waals surface area contributed by atoms with Crippen LogP contribution in [0.4, 0.5) is 5.82 Å². The zero-order valence-electron chi connectivity index (χ0n) is 21.1. The summed E-state index contributed by atoms with van der Waals surface area (Å²) in [6.07, 6.45) is 8.91. The monoisotopic (exact) mass is 531 g/mol. The van der Waals surface area contributed by atoms with Crippen molar-refractivity contribution in [2.45, 2.75) is 43.5 Å².